The van der Waals surface area contributed by atoms with Gasteiger partial charge in [0.1, 0.15) is 0 Å². The van der Waals surface area contributed by atoms with Gasteiger partial charge in [0.2, 0.25) is 11.8 Å². The molecule has 2 amide bonds. The van der Waals surface area contributed by atoms with Crippen molar-refractivity contribution in [1.82, 2.24) is 10.2 Å². The van der Waals surface area contributed by atoms with Gasteiger partial charge in [-0.3, -0.25) is 9.59 Å². The molecule has 80 valence electrons. The van der Waals surface area contributed by atoms with Gasteiger partial charge in [-0.1, -0.05) is 0 Å². The van der Waals surface area contributed by atoms with Crippen LogP contribution < -0.4 is 11.1 Å². The first-order valence-corrected chi connectivity index (χ1v) is 5.61. The van der Waals surface area contributed by atoms with Crippen molar-refractivity contribution in [3.05, 3.63) is 0 Å². The van der Waals surface area contributed by atoms with E-state index in [9.17, 15) is 9.59 Å². The topological polar surface area (TPSA) is 75.4 Å². The van der Waals surface area contributed by atoms with Gasteiger partial charge < -0.3 is 16.0 Å². The lowest BCUT2D eigenvalue weighted by molar-refractivity contribution is -0.135. The highest BCUT2D eigenvalue weighted by Crippen LogP contribution is 2.09. The predicted molar refractivity (Wildman–Crippen MR) is 55.9 cm³/mol. The number of hydrogen-bond acceptors (Lipinski definition) is 4. The van der Waals surface area contributed by atoms with Crippen molar-refractivity contribution in [2.24, 2.45) is 5.73 Å². The average molecular weight is 217 g/mol. The maximum atomic E-state index is 11.7. The number of likely N-dealkylation sites (N-methyl/N-ethyl adjacent to an activating group) is 1. The number of carbonyl (C=O) groups excluding carboxylic acids is 2. The van der Waals surface area contributed by atoms with Crippen LogP contribution in [0.3, 0.4) is 0 Å². The third-order valence-electron chi connectivity index (χ3n) is 1.99. The fourth-order valence-corrected chi connectivity index (χ4v) is 2.23. The Hall–Kier alpha value is -0.750. The molecular weight excluding hydrogens is 202 g/mol. The number of nitrogens with zero attached hydrogens (tertiary/aromatic N) is 1. The molecule has 0 aromatic carbocycles. The first-order valence-electron chi connectivity index (χ1n) is 4.45. The lowest BCUT2D eigenvalue weighted by atomic mass is 10.3. The Balaban J connectivity index is 2.42. The number of thioether (sulfide) groups is 1. The fraction of sp³-hybridized carbons (Fsp3) is 0.750. The third kappa shape index (κ3) is 3.19. The summed E-state index contributed by atoms with van der Waals surface area (Å²) in [6, 6.07) is -0.168. The normalized spacial score (nSPS) is 21.6. The zero-order chi connectivity index (χ0) is 10.6. The molecule has 0 saturated carbocycles. The summed E-state index contributed by atoms with van der Waals surface area (Å²) in [7, 11) is 1.59. The van der Waals surface area contributed by atoms with Gasteiger partial charge in [0.25, 0.3) is 0 Å². The first kappa shape index (κ1) is 11.3. The predicted octanol–water partition coefficient (Wildman–Crippen LogP) is -1.36. The van der Waals surface area contributed by atoms with Crippen molar-refractivity contribution in [3.63, 3.8) is 0 Å². The molecule has 0 radical (unpaired) electrons. The van der Waals surface area contributed by atoms with Gasteiger partial charge in [-0.15, -0.1) is 0 Å². The molecule has 3 N–H and O–H groups in total. The lowest BCUT2D eigenvalue weighted by Gasteiger charge is -2.26. The molecule has 1 atom stereocenters. The summed E-state index contributed by atoms with van der Waals surface area (Å²) in [6.45, 7) is 0.827. The van der Waals surface area contributed by atoms with Crippen molar-refractivity contribution in [2.75, 3.05) is 31.6 Å². The highest BCUT2D eigenvalue weighted by Gasteiger charge is 2.24. The fourth-order valence-electron chi connectivity index (χ4n) is 1.30. The van der Waals surface area contributed by atoms with Gasteiger partial charge in [0, 0.05) is 25.1 Å². The molecule has 0 aromatic heterocycles. The van der Waals surface area contributed by atoms with Gasteiger partial charge in [-0.25, -0.2) is 0 Å². The molecule has 1 aliphatic heterocycles. The Morgan fingerprint density at radius 1 is 1.64 bits per heavy atom. The van der Waals surface area contributed by atoms with Gasteiger partial charge in [0.15, 0.2) is 0 Å². The van der Waals surface area contributed by atoms with E-state index in [1.54, 1.807) is 18.8 Å². The summed E-state index contributed by atoms with van der Waals surface area (Å²) in [5.41, 5.74) is 5.00. The van der Waals surface area contributed by atoms with E-state index < -0.39 is 5.91 Å². The second kappa shape index (κ2) is 5.21. The number of nitrogens with two attached hydrogens (primary N) is 1. The molecule has 14 heavy (non-hydrogen) atoms. The highest BCUT2D eigenvalue weighted by atomic mass is 32.2. The second-order valence-corrected chi connectivity index (χ2v) is 4.39. The molecule has 6 heteroatoms. The van der Waals surface area contributed by atoms with Crippen molar-refractivity contribution < 1.29 is 9.59 Å². The van der Waals surface area contributed by atoms with Crippen LogP contribution >= 0.6 is 11.8 Å². The number of rotatable bonds is 3. The van der Waals surface area contributed by atoms with Crippen LogP contribution in [0.4, 0.5) is 0 Å². The standard InChI is InChI=1S/C8H15N3O2S/c1-11(4-7(9)12)8(13)6-5-14-3-2-10-6/h6,10H,2-5H2,1H3,(H2,9,12). The maximum Gasteiger partial charge on any atom is 0.240 e. The molecule has 1 unspecified atom stereocenters. The quantitative estimate of drug-likeness (QED) is 0.612. The first-order chi connectivity index (χ1) is 6.61. The van der Waals surface area contributed by atoms with Crippen molar-refractivity contribution >= 4 is 23.6 Å². The largest absolute Gasteiger partial charge is 0.368 e. The van der Waals surface area contributed by atoms with Gasteiger partial charge in [0.05, 0.1) is 12.6 Å². The minimum absolute atomic E-state index is 0.0122. The Morgan fingerprint density at radius 3 is 2.86 bits per heavy atom. The smallest absolute Gasteiger partial charge is 0.240 e. The van der Waals surface area contributed by atoms with Crippen LogP contribution in [0.15, 0.2) is 0 Å². The van der Waals surface area contributed by atoms with Gasteiger partial charge in [-0.05, 0) is 0 Å². The Bertz CT molecular complexity index is 229. The zero-order valence-electron chi connectivity index (χ0n) is 8.16. The van der Waals surface area contributed by atoms with E-state index in [2.05, 4.69) is 5.32 Å². The maximum absolute atomic E-state index is 11.7. The summed E-state index contributed by atoms with van der Waals surface area (Å²) in [5.74, 6) is 1.26. The second-order valence-electron chi connectivity index (χ2n) is 3.24. The average Bonchev–Trinajstić information content (AvgIpc) is 2.17. The van der Waals surface area contributed by atoms with Crippen LogP contribution in [0.25, 0.3) is 0 Å². The molecule has 0 spiro atoms. The summed E-state index contributed by atoms with van der Waals surface area (Å²) < 4.78 is 0. The molecule has 5 nitrogen and oxygen atoms in total. The Labute approximate surface area is 87.4 Å². The SMILES string of the molecule is CN(CC(N)=O)C(=O)C1CSCCN1. The van der Waals surface area contributed by atoms with E-state index in [-0.39, 0.29) is 18.5 Å². The monoisotopic (exact) mass is 217 g/mol. The van der Waals surface area contributed by atoms with E-state index in [0.717, 1.165) is 18.1 Å². The molecule has 1 rings (SSSR count). The van der Waals surface area contributed by atoms with E-state index >= 15 is 0 Å². The highest BCUT2D eigenvalue weighted by molar-refractivity contribution is 7.99. The molecule has 1 fully saturated rings. The van der Waals surface area contributed by atoms with Crippen LogP contribution in [0.5, 0.6) is 0 Å². The summed E-state index contributed by atoms with van der Waals surface area (Å²) in [6.07, 6.45) is 0. The van der Waals surface area contributed by atoms with Gasteiger partial charge >= 0.3 is 0 Å². The van der Waals surface area contributed by atoms with E-state index in [4.69, 9.17) is 5.73 Å². The molecule has 1 aliphatic rings. The molecule has 0 aliphatic carbocycles. The van der Waals surface area contributed by atoms with E-state index in [1.807, 2.05) is 0 Å². The van der Waals surface area contributed by atoms with Crippen molar-refractivity contribution in [1.29, 1.82) is 0 Å². The molecular formula is C8H15N3O2S. The molecule has 1 heterocycles. The third-order valence-corrected chi connectivity index (χ3v) is 3.05. The van der Waals surface area contributed by atoms with Crippen LogP contribution in [0.2, 0.25) is 0 Å². The minimum Gasteiger partial charge on any atom is -0.368 e. The van der Waals surface area contributed by atoms with E-state index in [1.165, 1.54) is 4.90 Å². The van der Waals surface area contributed by atoms with Gasteiger partial charge in [-0.2, -0.15) is 11.8 Å². The van der Waals surface area contributed by atoms with Crippen molar-refractivity contribution in [3.8, 4) is 0 Å². The number of carbonyl (C=O) groups is 2. The summed E-state index contributed by atoms with van der Waals surface area (Å²) in [4.78, 5) is 23.6. The van der Waals surface area contributed by atoms with E-state index in [0.29, 0.717) is 0 Å². The zero-order valence-corrected chi connectivity index (χ0v) is 8.97. The molecule has 0 aromatic rings. The minimum atomic E-state index is -0.482. The number of hydrogen-bond donors (Lipinski definition) is 2. The van der Waals surface area contributed by atoms with Crippen LogP contribution in [0, 0.1) is 0 Å². The van der Waals surface area contributed by atoms with Crippen LogP contribution in [-0.4, -0.2) is 54.4 Å². The summed E-state index contributed by atoms with van der Waals surface area (Å²) in [5, 5.41) is 3.11. The van der Waals surface area contributed by atoms with Crippen molar-refractivity contribution in [2.45, 2.75) is 6.04 Å². The Kier molecular flexibility index (Phi) is 4.21. The molecule has 0 bridgehead atoms. The van der Waals surface area contributed by atoms with Crippen LogP contribution in [0.1, 0.15) is 0 Å². The number of primary amides is 1. The number of amides is 2. The van der Waals surface area contributed by atoms with Crippen LogP contribution in [-0.2, 0) is 9.59 Å². The lowest BCUT2D eigenvalue weighted by Crippen LogP contribution is -2.51. The number of nitrogens with one attached hydrogen (secondary N) is 1. The Morgan fingerprint density at radius 2 is 2.36 bits per heavy atom. The summed E-state index contributed by atoms with van der Waals surface area (Å²) >= 11 is 1.74. The molecule has 1 saturated heterocycles.